The number of aryl methyl sites for hydroxylation is 1. The van der Waals surface area contributed by atoms with Crippen LogP contribution in [0.4, 0.5) is 13.2 Å². The number of halogens is 3. The van der Waals surface area contributed by atoms with E-state index >= 15 is 0 Å². The summed E-state index contributed by atoms with van der Waals surface area (Å²) in [5.74, 6) is -0.620. The zero-order valence-corrected chi connectivity index (χ0v) is 7.94. The molecule has 0 unspecified atom stereocenters. The lowest BCUT2D eigenvalue weighted by Crippen LogP contribution is -1.90. The third kappa shape index (κ3) is 3.49. The minimum atomic E-state index is -2.59. The average Bonchev–Trinajstić information content (AvgIpc) is 2.12. The molecule has 0 aliphatic rings. The fourth-order valence-corrected chi connectivity index (χ4v) is 0.846. The van der Waals surface area contributed by atoms with Crippen LogP contribution in [-0.4, -0.2) is 0 Å². The molecule has 0 fully saturated rings. The van der Waals surface area contributed by atoms with E-state index in [1.165, 1.54) is 19.1 Å². The molecule has 0 saturated heterocycles. The highest BCUT2D eigenvalue weighted by molar-refractivity contribution is 5.27. The molecule has 0 aromatic heterocycles. The van der Waals surface area contributed by atoms with Crippen LogP contribution in [0.3, 0.4) is 0 Å². The molecule has 0 saturated carbocycles. The molecule has 0 N–H and O–H groups in total. The highest BCUT2D eigenvalue weighted by Gasteiger charge is 2.10. The molecule has 0 heterocycles. The number of hydrogen-bond acceptors (Lipinski definition) is 0. The van der Waals surface area contributed by atoms with Crippen LogP contribution in [0.15, 0.2) is 18.2 Å². The lowest BCUT2D eigenvalue weighted by Gasteiger charge is -2.02. The van der Waals surface area contributed by atoms with Crippen molar-refractivity contribution >= 4 is 0 Å². The Bertz CT molecular complexity index is 256. The van der Waals surface area contributed by atoms with Crippen molar-refractivity contribution in [3.05, 3.63) is 35.1 Å². The van der Waals surface area contributed by atoms with E-state index in [4.69, 9.17) is 0 Å². The van der Waals surface area contributed by atoms with Crippen molar-refractivity contribution in [2.24, 2.45) is 0 Å². The summed E-state index contributed by atoms with van der Waals surface area (Å²) in [6, 6.07) is 3.37. The van der Waals surface area contributed by atoms with Gasteiger partial charge in [-0.2, -0.15) is 0 Å². The Morgan fingerprint density at radius 3 is 2.08 bits per heavy atom. The lowest BCUT2D eigenvalue weighted by molar-refractivity contribution is 0.150. The second kappa shape index (κ2) is 5.62. The molecule has 0 atom stereocenters. The first kappa shape index (κ1) is 12.0. The smallest absolute Gasteiger partial charge is 0.207 e. The fourth-order valence-electron chi connectivity index (χ4n) is 0.846. The van der Waals surface area contributed by atoms with Gasteiger partial charge in [-0.25, -0.2) is 13.2 Å². The van der Waals surface area contributed by atoms with E-state index in [2.05, 4.69) is 0 Å². The Morgan fingerprint density at radius 2 is 1.69 bits per heavy atom. The second-order valence-electron chi connectivity index (χ2n) is 2.30. The number of benzene rings is 1. The van der Waals surface area contributed by atoms with Crippen molar-refractivity contribution in [3.63, 3.8) is 0 Å². The summed E-state index contributed by atoms with van der Waals surface area (Å²) in [6.45, 7) is 5.53. The van der Waals surface area contributed by atoms with Gasteiger partial charge in [-0.1, -0.05) is 19.9 Å². The molecular formula is C10H13F3. The van der Waals surface area contributed by atoms with Gasteiger partial charge in [0.1, 0.15) is 5.82 Å². The first-order valence-corrected chi connectivity index (χ1v) is 4.15. The van der Waals surface area contributed by atoms with Crippen molar-refractivity contribution < 1.29 is 13.2 Å². The van der Waals surface area contributed by atoms with Gasteiger partial charge >= 0.3 is 0 Å². The summed E-state index contributed by atoms with van der Waals surface area (Å²) in [5.41, 5.74) is 0.186. The van der Waals surface area contributed by atoms with Gasteiger partial charge in [0.2, 0.25) is 0 Å². The van der Waals surface area contributed by atoms with Gasteiger partial charge in [0.05, 0.1) is 0 Å². The Morgan fingerprint density at radius 1 is 1.15 bits per heavy atom. The molecule has 0 radical (unpaired) electrons. The maximum Gasteiger partial charge on any atom is 0.264 e. The molecule has 74 valence electrons. The Kier molecular flexibility index (Phi) is 5.19. The monoisotopic (exact) mass is 190 g/mol. The summed E-state index contributed by atoms with van der Waals surface area (Å²) in [6.07, 6.45) is -2.59. The van der Waals surface area contributed by atoms with Gasteiger partial charge in [-0.05, 0) is 24.6 Å². The third-order valence-electron chi connectivity index (χ3n) is 1.48. The zero-order valence-electron chi connectivity index (χ0n) is 7.94. The summed E-state index contributed by atoms with van der Waals surface area (Å²) >= 11 is 0. The van der Waals surface area contributed by atoms with E-state index < -0.39 is 12.2 Å². The molecule has 0 amide bonds. The third-order valence-corrected chi connectivity index (χ3v) is 1.48. The van der Waals surface area contributed by atoms with E-state index in [1.54, 1.807) is 0 Å². The fraction of sp³-hybridized carbons (Fsp3) is 0.400. The van der Waals surface area contributed by atoms with Gasteiger partial charge in [-0.15, -0.1) is 0 Å². The van der Waals surface area contributed by atoms with Gasteiger partial charge in [-0.3, -0.25) is 0 Å². The van der Waals surface area contributed by atoms with Crippen molar-refractivity contribution in [3.8, 4) is 0 Å². The molecule has 3 heteroatoms. The predicted molar refractivity (Wildman–Crippen MR) is 47.4 cm³/mol. The van der Waals surface area contributed by atoms with Crippen LogP contribution in [0, 0.1) is 12.7 Å². The van der Waals surface area contributed by atoms with Gasteiger partial charge < -0.3 is 0 Å². The summed E-state index contributed by atoms with van der Waals surface area (Å²) in [7, 11) is 0. The van der Waals surface area contributed by atoms with Crippen LogP contribution in [-0.2, 0) is 0 Å². The maximum atomic E-state index is 12.4. The van der Waals surface area contributed by atoms with Gasteiger partial charge in [0.15, 0.2) is 0 Å². The van der Waals surface area contributed by atoms with E-state index in [0.29, 0.717) is 5.56 Å². The molecule has 0 aliphatic carbocycles. The van der Waals surface area contributed by atoms with Crippen molar-refractivity contribution in [2.45, 2.75) is 27.2 Å². The molecule has 0 spiro atoms. The highest BCUT2D eigenvalue weighted by Crippen LogP contribution is 2.22. The Hall–Kier alpha value is -0.990. The molecule has 1 rings (SSSR count). The normalized spacial score (nSPS) is 9.46. The Balaban J connectivity index is 0.000000671. The van der Waals surface area contributed by atoms with Crippen LogP contribution in [0.1, 0.15) is 31.4 Å². The molecule has 1 aromatic rings. The molecule has 0 bridgehead atoms. The SMILES string of the molecule is CC.Cc1ccc(F)cc1C(F)F. The van der Waals surface area contributed by atoms with Crippen LogP contribution < -0.4 is 0 Å². The topological polar surface area (TPSA) is 0 Å². The van der Waals surface area contributed by atoms with E-state index in [9.17, 15) is 13.2 Å². The minimum Gasteiger partial charge on any atom is -0.207 e. The van der Waals surface area contributed by atoms with Crippen LogP contribution >= 0.6 is 0 Å². The standard InChI is InChI=1S/C8H7F3.C2H6/c1-5-2-3-6(9)4-7(5)8(10)11;1-2/h2-4,8H,1H3;1-2H3. The summed E-state index contributed by atoms with van der Waals surface area (Å²) in [4.78, 5) is 0. The second-order valence-corrected chi connectivity index (χ2v) is 2.30. The van der Waals surface area contributed by atoms with Crippen LogP contribution in [0.25, 0.3) is 0 Å². The summed E-state index contributed by atoms with van der Waals surface area (Å²) < 4.78 is 36.5. The van der Waals surface area contributed by atoms with Gasteiger partial charge in [0, 0.05) is 5.56 Å². The number of rotatable bonds is 1. The average molecular weight is 190 g/mol. The zero-order chi connectivity index (χ0) is 10.4. The first-order chi connectivity index (χ1) is 6.11. The van der Waals surface area contributed by atoms with Gasteiger partial charge in [0.25, 0.3) is 6.43 Å². The number of hydrogen-bond donors (Lipinski definition) is 0. The minimum absolute atomic E-state index is 0.231. The molecule has 0 nitrogen and oxygen atoms in total. The molecular weight excluding hydrogens is 177 g/mol. The quantitative estimate of drug-likeness (QED) is 0.625. The van der Waals surface area contributed by atoms with E-state index in [1.807, 2.05) is 13.8 Å². The molecule has 13 heavy (non-hydrogen) atoms. The molecule has 0 aliphatic heterocycles. The van der Waals surface area contributed by atoms with E-state index in [0.717, 1.165) is 6.07 Å². The van der Waals surface area contributed by atoms with E-state index in [-0.39, 0.29) is 5.56 Å². The van der Waals surface area contributed by atoms with Crippen molar-refractivity contribution in [1.82, 2.24) is 0 Å². The van der Waals surface area contributed by atoms with Crippen molar-refractivity contribution in [2.75, 3.05) is 0 Å². The Labute approximate surface area is 76.4 Å². The largest absolute Gasteiger partial charge is 0.264 e. The molecule has 1 aromatic carbocycles. The lowest BCUT2D eigenvalue weighted by atomic mass is 10.1. The highest BCUT2D eigenvalue weighted by atomic mass is 19.3. The summed E-state index contributed by atoms with van der Waals surface area (Å²) in [5, 5.41) is 0. The maximum absolute atomic E-state index is 12.4. The van der Waals surface area contributed by atoms with Crippen molar-refractivity contribution in [1.29, 1.82) is 0 Å². The number of alkyl halides is 2. The van der Waals surface area contributed by atoms with Crippen LogP contribution in [0.2, 0.25) is 0 Å². The first-order valence-electron chi connectivity index (χ1n) is 4.15. The van der Waals surface area contributed by atoms with Crippen LogP contribution in [0.5, 0.6) is 0 Å². The predicted octanol–water partition coefficient (Wildman–Crippen LogP) is 4.10.